The molecule has 1 atom stereocenters. The molecule has 0 saturated carbocycles. The zero-order chi connectivity index (χ0) is 10.7. The fourth-order valence-electron chi connectivity index (χ4n) is 1.00. The van der Waals surface area contributed by atoms with Crippen molar-refractivity contribution in [3.63, 3.8) is 0 Å². The minimum atomic E-state index is -1.17. The largest absolute Gasteiger partial charge is 0.481 e. The Bertz CT molecular complexity index is 354. The third-order valence-corrected chi connectivity index (χ3v) is 2.34. The van der Waals surface area contributed by atoms with Crippen LogP contribution in [0.2, 0.25) is 0 Å². The van der Waals surface area contributed by atoms with Gasteiger partial charge in [0, 0.05) is 0 Å². The van der Waals surface area contributed by atoms with E-state index >= 15 is 0 Å². The molecule has 2 N–H and O–H groups in total. The smallest absolute Gasteiger partial charge is 0.306 e. The number of carboxylic acids is 1. The van der Waals surface area contributed by atoms with E-state index in [1.165, 1.54) is 12.1 Å². The van der Waals surface area contributed by atoms with E-state index in [2.05, 4.69) is 15.9 Å². The highest BCUT2D eigenvalue weighted by atomic mass is 79.9. The molecule has 76 valence electrons. The van der Waals surface area contributed by atoms with Gasteiger partial charge in [-0.25, -0.2) is 4.39 Å². The van der Waals surface area contributed by atoms with E-state index in [9.17, 15) is 14.3 Å². The summed E-state index contributed by atoms with van der Waals surface area (Å²) in [6.07, 6.45) is -1.60. The predicted octanol–water partition coefficient (Wildman–Crippen LogP) is 2.10. The Morgan fingerprint density at radius 3 is 2.71 bits per heavy atom. The van der Waals surface area contributed by atoms with Crippen LogP contribution < -0.4 is 0 Å². The van der Waals surface area contributed by atoms with E-state index in [-0.39, 0.29) is 10.0 Å². The number of benzene rings is 1. The molecular weight excluding hydrogens is 255 g/mol. The highest BCUT2D eigenvalue weighted by Crippen LogP contribution is 2.22. The van der Waals surface area contributed by atoms with Crippen LogP contribution in [0.1, 0.15) is 18.1 Å². The first kappa shape index (κ1) is 11.1. The number of hydrogen-bond acceptors (Lipinski definition) is 2. The fraction of sp³-hybridized carbons (Fsp3) is 0.222. The van der Waals surface area contributed by atoms with E-state index in [1.54, 1.807) is 0 Å². The van der Waals surface area contributed by atoms with Gasteiger partial charge in [0.2, 0.25) is 0 Å². The highest BCUT2D eigenvalue weighted by Gasteiger charge is 2.13. The Hall–Kier alpha value is -0.940. The molecule has 0 saturated heterocycles. The van der Waals surface area contributed by atoms with Crippen LogP contribution in [0.3, 0.4) is 0 Å². The maximum Gasteiger partial charge on any atom is 0.306 e. The van der Waals surface area contributed by atoms with Crippen LogP contribution in [-0.4, -0.2) is 16.2 Å². The summed E-state index contributed by atoms with van der Waals surface area (Å²) in [5.74, 6) is -1.65. The second kappa shape index (κ2) is 4.52. The van der Waals surface area contributed by atoms with Gasteiger partial charge >= 0.3 is 5.97 Å². The summed E-state index contributed by atoms with van der Waals surface area (Å²) in [6.45, 7) is 0. The van der Waals surface area contributed by atoms with Crippen molar-refractivity contribution in [1.82, 2.24) is 0 Å². The Labute approximate surface area is 88.3 Å². The number of hydrogen-bond donors (Lipinski definition) is 2. The summed E-state index contributed by atoms with van der Waals surface area (Å²) in [7, 11) is 0. The quantitative estimate of drug-likeness (QED) is 0.877. The molecule has 0 unspecified atom stereocenters. The predicted molar refractivity (Wildman–Crippen MR) is 51.3 cm³/mol. The molecule has 0 radical (unpaired) electrons. The van der Waals surface area contributed by atoms with Crippen LogP contribution in [0.15, 0.2) is 22.7 Å². The summed E-state index contributed by atoms with van der Waals surface area (Å²) in [5.41, 5.74) is 0.258. The Balaban J connectivity index is 2.85. The molecule has 0 aliphatic heterocycles. The number of carbonyl (C=O) groups is 1. The van der Waals surface area contributed by atoms with E-state index in [1.807, 2.05) is 0 Å². The zero-order valence-corrected chi connectivity index (χ0v) is 8.66. The second-order valence-corrected chi connectivity index (χ2v) is 3.64. The van der Waals surface area contributed by atoms with Crippen LogP contribution in [0.5, 0.6) is 0 Å². The third kappa shape index (κ3) is 2.78. The highest BCUT2D eigenvalue weighted by molar-refractivity contribution is 9.10. The average Bonchev–Trinajstić information content (AvgIpc) is 2.08. The number of aliphatic hydroxyl groups is 1. The van der Waals surface area contributed by atoms with Gasteiger partial charge in [0.25, 0.3) is 0 Å². The Morgan fingerprint density at radius 1 is 1.57 bits per heavy atom. The lowest BCUT2D eigenvalue weighted by molar-refractivity contribution is -0.139. The SMILES string of the molecule is O=C(O)C[C@H](O)c1ccc(Br)c(F)c1. The molecule has 1 aromatic rings. The van der Waals surface area contributed by atoms with Gasteiger partial charge in [-0.3, -0.25) is 4.79 Å². The maximum atomic E-state index is 13.0. The third-order valence-electron chi connectivity index (χ3n) is 1.70. The second-order valence-electron chi connectivity index (χ2n) is 2.79. The number of halogens is 2. The van der Waals surface area contributed by atoms with Crippen molar-refractivity contribution in [1.29, 1.82) is 0 Å². The van der Waals surface area contributed by atoms with Gasteiger partial charge in [-0.15, -0.1) is 0 Å². The van der Waals surface area contributed by atoms with Crippen LogP contribution in [0.4, 0.5) is 4.39 Å². The first-order valence-electron chi connectivity index (χ1n) is 3.85. The molecule has 0 fully saturated rings. The molecule has 0 aromatic heterocycles. The van der Waals surface area contributed by atoms with Crippen molar-refractivity contribution in [3.05, 3.63) is 34.1 Å². The van der Waals surface area contributed by atoms with Crippen molar-refractivity contribution in [3.8, 4) is 0 Å². The standard InChI is InChI=1S/C9H8BrFO3/c10-6-2-1-5(3-7(6)11)8(12)4-9(13)14/h1-3,8,12H,4H2,(H,13,14)/t8-/m0/s1. The van der Waals surface area contributed by atoms with Crippen molar-refractivity contribution >= 4 is 21.9 Å². The molecule has 1 aromatic carbocycles. The van der Waals surface area contributed by atoms with Crippen molar-refractivity contribution in [2.45, 2.75) is 12.5 Å². The molecule has 0 aliphatic rings. The van der Waals surface area contributed by atoms with E-state index < -0.39 is 24.3 Å². The molecule has 0 aliphatic carbocycles. The summed E-state index contributed by atoms with van der Waals surface area (Å²) in [6, 6.07) is 4.01. The number of carboxylic acid groups (broad SMARTS) is 1. The molecule has 3 nitrogen and oxygen atoms in total. The summed E-state index contributed by atoms with van der Waals surface area (Å²) in [5, 5.41) is 17.7. The van der Waals surface area contributed by atoms with E-state index in [0.717, 1.165) is 6.07 Å². The van der Waals surface area contributed by atoms with Gasteiger partial charge in [-0.2, -0.15) is 0 Å². The van der Waals surface area contributed by atoms with Gasteiger partial charge in [0.05, 0.1) is 17.0 Å². The van der Waals surface area contributed by atoms with E-state index in [0.29, 0.717) is 0 Å². The average molecular weight is 263 g/mol. The van der Waals surface area contributed by atoms with Gasteiger partial charge in [-0.1, -0.05) is 6.07 Å². The van der Waals surface area contributed by atoms with Crippen molar-refractivity contribution in [2.24, 2.45) is 0 Å². The number of aliphatic hydroxyl groups excluding tert-OH is 1. The minimum Gasteiger partial charge on any atom is -0.481 e. The minimum absolute atomic E-state index is 0.258. The zero-order valence-electron chi connectivity index (χ0n) is 7.08. The Morgan fingerprint density at radius 2 is 2.21 bits per heavy atom. The van der Waals surface area contributed by atoms with Gasteiger partial charge < -0.3 is 10.2 Å². The summed E-state index contributed by atoms with van der Waals surface area (Å²) in [4.78, 5) is 10.3. The molecule has 5 heteroatoms. The number of rotatable bonds is 3. The van der Waals surface area contributed by atoms with Crippen molar-refractivity contribution < 1.29 is 19.4 Å². The first-order valence-corrected chi connectivity index (χ1v) is 4.65. The molecule has 0 amide bonds. The topological polar surface area (TPSA) is 57.5 Å². The van der Waals surface area contributed by atoms with Crippen LogP contribution >= 0.6 is 15.9 Å². The molecular formula is C9H8BrFO3. The molecule has 0 spiro atoms. The van der Waals surface area contributed by atoms with Crippen LogP contribution in [0.25, 0.3) is 0 Å². The van der Waals surface area contributed by atoms with Gasteiger partial charge in [0.1, 0.15) is 5.82 Å². The molecule has 0 heterocycles. The van der Waals surface area contributed by atoms with Crippen LogP contribution in [-0.2, 0) is 4.79 Å². The normalized spacial score (nSPS) is 12.5. The monoisotopic (exact) mass is 262 g/mol. The van der Waals surface area contributed by atoms with Crippen LogP contribution in [0, 0.1) is 5.82 Å². The maximum absolute atomic E-state index is 13.0. The van der Waals surface area contributed by atoms with Gasteiger partial charge in [0.15, 0.2) is 0 Å². The lowest BCUT2D eigenvalue weighted by Gasteiger charge is -2.08. The molecule has 14 heavy (non-hydrogen) atoms. The lowest BCUT2D eigenvalue weighted by atomic mass is 10.1. The van der Waals surface area contributed by atoms with E-state index in [4.69, 9.17) is 5.11 Å². The molecule has 0 bridgehead atoms. The summed E-state index contributed by atoms with van der Waals surface area (Å²) >= 11 is 2.96. The number of aliphatic carboxylic acids is 1. The molecule has 1 rings (SSSR count). The Kier molecular flexibility index (Phi) is 3.60. The van der Waals surface area contributed by atoms with Gasteiger partial charge in [-0.05, 0) is 33.6 Å². The summed E-state index contributed by atoms with van der Waals surface area (Å²) < 4.78 is 13.3. The first-order chi connectivity index (χ1) is 6.50. The van der Waals surface area contributed by atoms with Crippen molar-refractivity contribution in [2.75, 3.05) is 0 Å². The lowest BCUT2D eigenvalue weighted by Crippen LogP contribution is -2.05. The fourth-order valence-corrected chi connectivity index (χ4v) is 1.25.